The summed E-state index contributed by atoms with van der Waals surface area (Å²) in [6, 6.07) is -0.0452. The molecule has 4 heterocycles. The largest absolute Gasteiger partial charge is 0.381 e. The topological polar surface area (TPSA) is 156 Å². The Bertz CT molecular complexity index is 1270. The summed E-state index contributed by atoms with van der Waals surface area (Å²) in [4.78, 5) is 35.6. The fourth-order valence-electron chi connectivity index (χ4n) is 4.77. The van der Waals surface area contributed by atoms with Crippen LogP contribution in [0.3, 0.4) is 0 Å². The number of fused-ring (bicyclic) bond motifs is 1. The summed E-state index contributed by atoms with van der Waals surface area (Å²) in [5.74, 6) is -0.194. The Balaban J connectivity index is 1.73. The van der Waals surface area contributed by atoms with Gasteiger partial charge in [-0.15, -0.1) is 0 Å². The lowest BCUT2D eigenvalue weighted by molar-refractivity contribution is -0.134. The molecule has 0 bridgehead atoms. The summed E-state index contributed by atoms with van der Waals surface area (Å²) >= 11 is 0. The van der Waals surface area contributed by atoms with Crippen LogP contribution < -0.4 is 21.4 Å². The zero-order chi connectivity index (χ0) is 26.6. The number of anilines is 1. The second-order valence-electron chi connectivity index (χ2n) is 9.40. The van der Waals surface area contributed by atoms with Crippen LogP contribution in [0.5, 0.6) is 0 Å². The summed E-state index contributed by atoms with van der Waals surface area (Å²) in [7, 11) is -3.01. The molecular weight excluding hydrogens is 498 g/mol. The van der Waals surface area contributed by atoms with E-state index in [1.54, 1.807) is 23.2 Å². The first kappa shape index (κ1) is 26.9. The second kappa shape index (κ2) is 11.1. The molecule has 2 aliphatic heterocycles. The van der Waals surface area contributed by atoms with Gasteiger partial charge >= 0.3 is 0 Å². The van der Waals surface area contributed by atoms with Gasteiger partial charge in [-0.1, -0.05) is 0 Å². The lowest BCUT2D eigenvalue weighted by atomic mass is 9.92. The van der Waals surface area contributed by atoms with Gasteiger partial charge in [-0.25, -0.2) is 18.1 Å². The summed E-state index contributed by atoms with van der Waals surface area (Å²) < 4.78 is 25.7. The third kappa shape index (κ3) is 6.04. The number of hydroxylamine groups is 1. The van der Waals surface area contributed by atoms with E-state index in [1.165, 1.54) is 0 Å². The molecule has 12 nitrogen and oxygen atoms in total. The molecular formula is C24H35N7O5S. The average molecular weight is 534 g/mol. The van der Waals surface area contributed by atoms with Crippen molar-refractivity contribution in [2.24, 2.45) is 0 Å². The van der Waals surface area contributed by atoms with E-state index in [1.807, 2.05) is 20.8 Å². The Morgan fingerprint density at radius 1 is 1.11 bits per heavy atom. The fraction of sp³-hybridized carbons (Fsp3) is 0.583. The van der Waals surface area contributed by atoms with Gasteiger partial charge in [0.2, 0.25) is 11.8 Å². The molecule has 202 valence electrons. The van der Waals surface area contributed by atoms with Gasteiger partial charge in [0.25, 0.3) is 0 Å². The smallest absolute Gasteiger partial charge is 0.223 e. The highest BCUT2D eigenvalue weighted by atomic mass is 32.2. The summed E-state index contributed by atoms with van der Waals surface area (Å²) in [6.45, 7) is 7.21. The van der Waals surface area contributed by atoms with Crippen LogP contribution in [0.2, 0.25) is 0 Å². The van der Waals surface area contributed by atoms with Gasteiger partial charge in [-0.05, 0) is 39.7 Å². The molecule has 1 fully saturated rings. The quantitative estimate of drug-likeness (QED) is 0.351. The standard InChI is InChI=1S/C24H35N7O5S/c1-4-25-20(32)12-24(13-21(33)26-5-2)11-19(30-36-24)17-14-27-23-18(15-28-31(23)6-3)22(17)29-16-7-9-37(34,35)10-8-16/h11,14-16,30H,4-10,12-13H2,1-3H3,(H,25,32)(H,26,33)(H,27,29). The molecule has 2 aromatic rings. The molecule has 0 saturated carbocycles. The van der Waals surface area contributed by atoms with Crippen molar-refractivity contribution in [1.82, 2.24) is 30.9 Å². The normalized spacial score (nSPS) is 18.7. The van der Waals surface area contributed by atoms with E-state index < -0.39 is 15.4 Å². The van der Waals surface area contributed by atoms with Gasteiger partial charge in [0.1, 0.15) is 15.4 Å². The van der Waals surface area contributed by atoms with Crippen molar-refractivity contribution in [3.8, 4) is 0 Å². The van der Waals surface area contributed by atoms with Crippen molar-refractivity contribution in [3.05, 3.63) is 24.0 Å². The number of nitrogens with zero attached hydrogens (tertiary/aromatic N) is 3. The van der Waals surface area contributed by atoms with Gasteiger partial charge in [-0.2, -0.15) is 5.10 Å². The Morgan fingerprint density at radius 3 is 2.35 bits per heavy atom. The number of amides is 2. The molecule has 13 heteroatoms. The van der Waals surface area contributed by atoms with E-state index >= 15 is 0 Å². The van der Waals surface area contributed by atoms with Crippen molar-refractivity contribution in [3.63, 3.8) is 0 Å². The molecule has 0 radical (unpaired) electrons. The van der Waals surface area contributed by atoms with E-state index in [0.29, 0.717) is 49.4 Å². The van der Waals surface area contributed by atoms with E-state index in [0.717, 1.165) is 11.1 Å². The van der Waals surface area contributed by atoms with Crippen LogP contribution in [0.1, 0.15) is 52.0 Å². The number of carbonyl (C=O) groups excluding carboxylic acids is 2. The molecule has 2 amide bonds. The second-order valence-corrected chi connectivity index (χ2v) is 11.7. The van der Waals surface area contributed by atoms with Crippen LogP contribution in [0.15, 0.2) is 18.5 Å². The highest BCUT2D eigenvalue weighted by Gasteiger charge is 2.40. The van der Waals surface area contributed by atoms with Crippen LogP contribution in [0, 0.1) is 0 Å². The first-order valence-electron chi connectivity index (χ1n) is 12.7. The van der Waals surface area contributed by atoms with Gasteiger partial charge < -0.3 is 16.0 Å². The number of rotatable bonds is 10. The molecule has 4 N–H and O–H groups in total. The maximum absolute atomic E-state index is 12.5. The predicted octanol–water partition coefficient (Wildman–Crippen LogP) is 1.11. The first-order chi connectivity index (χ1) is 17.7. The molecule has 37 heavy (non-hydrogen) atoms. The Hall–Kier alpha value is -3.19. The van der Waals surface area contributed by atoms with Crippen LogP contribution in [-0.4, -0.2) is 71.2 Å². The molecule has 0 spiro atoms. The lowest BCUT2D eigenvalue weighted by Gasteiger charge is -2.25. The minimum Gasteiger partial charge on any atom is -0.381 e. The zero-order valence-electron chi connectivity index (χ0n) is 21.5. The SMILES string of the molecule is CCNC(=O)CC1(CC(=O)NCC)C=C(c2cnc3c(cnn3CC)c2NC2CCS(=O)(=O)CC2)NO1. The molecule has 0 unspecified atom stereocenters. The van der Waals surface area contributed by atoms with Crippen LogP contribution >= 0.6 is 0 Å². The van der Waals surface area contributed by atoms with E-state index in [-0.39, 0.29) is 42.2 Å². The minimum absolute atomic E-state index is 0.0405. The number of nitrogens with one attached hydrogen (secondary N) is 4. The number of aryl methyl sites for hydroxylation is 1. The summed E-state index contributed by atoms with van der Waals surface area (Å²) in [5, 5.41) is 14.3. The maximum atomic E-state index is 12.5. The number of pyridine rings is 1. The van der Waals surface area contributed by atoms with Crippen LogP contribution in [0.25, 0.3) is 16.7 Å². The third-order valence-corrected chi connectivity index (χ3v) is 8.31. The number of hydrogen-bond donors (Lipinski definition) is 4. The number of aromatic nitrogens is 3. The van der Waals surface area contributed by atoms with Gasteiger partial charge in [0, 0.05) is 37.4 Å². The molecule has 2 aliphatic rings. The number of carbonyl (C=O) groups is 2. The van der Waals surface area contributed by atoms with E-state index in [4.69, 9.17) is 4.84 Å². The maximum Gasteiger partial charge on any atom is 0.223 e. The van der Waals surface area contributed by atoms with Crippen molar-refractivity contribution in [2.45, 2.75) is 64.6 Å². The minimum atomic E-state index is -3.01. The predicted molar refractivity (Wildman–Crippen MR) is 140 cm³/mol. The molecule has 2 aromatic heterocycles. The molecule has 1 saturated heterocycles. The van der Waals surface area contributed by atoms with E-state index in [2.05, 4.69) is 31.5 Å². The molecule has 0 aliphatic carbocycles. The Morgan fingerprint density at radius 2 is 1.76 bits per heavy atom. The third-order valence-electron chi connectivity index (χ3n) is 6.60. The van der Waals surface area contributed by atoms with Crippen molar-refractivity contribution < 1.29 is 22.8 Å². The van der Waals surface area contributed by atoms with Gasteiger partial charge in [0.15, 0.2) is 5.65 Å². The summed E-state index contributed by atoms with van der Waals surface area (Å²) in [5.41, 5.74) is 4.45. The zero-order valence-corrected chi connectivity index (χ0v) is 22.3. The first-order valence-corrected chi connectivity index (χ1v) is 14.5. The highest BCUT2D eigenvalue weighted by molar-refractivity contribution is 7.91. The average Bonchev–Trinajstić information content (AvgIpc) is 3.45. The highest BCUT2D eigenvalue weighted by Crippen LogP contribution is 2.37. The monoisotopic (exact) mass is 533 g/mol. The Kier molecular flexibility index (Phi) is 8.02. The van der Waals surface area contributed by atoms with Crippen molar-refractivity contribution >= 4 is 44.1 Å². The number of sulfone groups is 1. The van der Waals surface area contributed by atoms with Crippen molar-refractivity contribution in [1.29, 1.82) is 0 Å². The Labute approximate surface area is 216 Å². The fourth-order valence-corrected chi connectivity index (χ4v) is 6.26. The summed E-state index contributed by atoms with van der Waals surface area (Å²) in [6.07, 6.45) is 6.12. The lowest BCUT2D eigenvalue weighted by Crippen LogP contribution is -2.41. The van der Waals surface area contributed by atoms with Crippen LogP contribution in [0.4, 0.5) is 5.69 Å². The van der Waals surface area contributed by atoms with Crippen molar-refractivity contribution in [2.75, 3.05) is 29.9 Å². The molecule has 4 rings (SSSR count). The molecule has 0 aromatic carbocycles. The van der Waals surface area contributed by atoms with Gasteiger partial charge in [-0.3, -0.25) is 19.9 Å². The molecule has 0 atom stereocenters. The number of hydrogen-bond acceptors (Lipinski definition) is 9. The van der Waals surface area contributed by atoms with Gasteiger partial charge in [0.05, 0.1) is 47.3 Å². The van der Waals surface area contributed by atoms with E-state index in [9.17, 15) is 18.0 Å². The van der Waals surface area contributed by atoms with Crippen LogP contribution in [-0.2, 0) is 30.8 Å².